The van der Waals surface area contributed by atoms with Crippen molar-refractivity contribution in [3.8, 4) is 11.3 Å². The fraction of sp³-hybridized carbons (Fsp3) is 0.240. The van der Waals surface area contributed by atoms with Crippen molar-refractivity contribution in [3.05, 3.63) is 78.1 Å². The fourth-order valence-corrected chi connectivity index (χ4v) is 4.12. The molecular formula is C25H26N6O. The quantitative estimate of drug-likeness (QED) is 0.539. The van der Waals surface area contributed by atoms with Crippen molar-refractivity contribution in [1.82, 2.24) is 19.5 Å². The molecule has 0 aliphatic carbocycles. The van der Waals surface area contributed by atoms with Gasteiger partial charge in [0.2, 0.25) is 0 Å². The van der Waals surface area contributed by atoms with Crippen LogP contribution in [0.5, 0.6) is 0 Å². The van der Waals surface area contributed by atoms with Crippen LogP contribution in [0.4, 0.5) is 11.4 Å². The number of anilines is 2. The van der Waals surface area contributed by atoms with Gasteiger partial charge >= 0.3 is 0 Å². The normalized spacial score (nSPS) is 14.6. The molecule has 1 fully saturated rings. The molecule has 5 rings (SSSR count). The number of nitrogens with one attached hydrogen (secondary N) is 1. The average Bonchev–Trinajstić information content (AvgIpc) is 3.26. The number of carbonyl (C=O) groups excluding carboxylic acids is 1. The molecule has 1 N–H and O–H groups in total. The maximum atomic E-state index is 13.1. The summed E-state index contributed by atoms with van der Waals surface area (Å²) in [6.07, 6.45) is 3.30. The van der Waals surface area contributed by atoms with E-state index in [0.717, 1.165) is 48.7 Å². The van der Waals surface area contributed by atoms with Crippen molar-refractivity contribution < 1.29 is 4.79 Å². The van der Waals surface area contributed by atoms with Gasteiger partial charge in [-0.3, -0.25) is 4.79 Å². The molecule has 0 spiro atoms. The Morgan fingerprint density at radius 2 is 1.78 bits per heavy atom. The highest BCUT2D eigenvalue weighted by Gasteiger charge is 2.18. The molecule has 0 bridgehead atoms. The third-order valence-corrected chi connectivity index (χ3v) is 6.04. The molecule has 7 heteroatoms. The SMILES string of the molecule is Cc1cc(N2CCN(C)CC2)ccc1NC(=O)c1cnn2c(-c3ccccc3)ccnc12. The maximum Gasteiger partial charge on any atom is 0.261 e. The highest BCUT2D eigenvalue weighted by Crippen LogP contribution is 2.25. The molecule has 1 aliphatic rings. The molecule has 1 amide bonds. The van der Waals surface area contributed by atoms with Crippen molar-refractivity contribution in [3.63, 3.8) is 0 Å². The monoisotopic (exact) mass is 426 g/mol. The molecule has 3 heterocycles. The Morgan fingerprint density at radius 3 is 2.53 bits per heavy atom. The zero-order valence-electron chi connectivity index (χ0n) is 18.3. The van der Waals surface area contributed by atoms with E-state index < -0.39 is 0 Å². The highest BCUT2D eigenvalue weighted by atomic mass is 16.1. The number of hydrogen-bond donors (Lipinski definition) is 1. The van der Waals surface area contributed by atoms with Gasteiger partial charge in [0.25, 0.3) is 5.91 Å². The lowest BCUT2D eigenvalue weighted by atomic mass is 10.1. The Bertz CT molecular complexity index is 1260. The molecule has 0 radical (unpaired) electrons. The van der Waals surface area contributed by atoms with Crippen molar-refractivity contribution in [2.24, 2.45) is 0 Å². The largest absolute Gasteiger partial charge is 0.369 e. The summed E-state index contributed by atoms with van der Waals surface area (Å²) in [6, 6.07) is 18.1. The van der Waals surface area contributed by atoms with E-state index in [9.17, 15) is 4.79 Å². The van der Waals surface area contributed by atoms with Crippen LogP contribution in [0, 0.1) is 6.92 Å². The fourth-order valence-electron chi connectivity index (χ4n) is 4.12. The van der Waals surface area contributed by atoms with Crippen molar-refractivity contribution in [1.29, 1.82) is 0 Å². The smallest absolute Gasteiger partial charge is 0.261 e. The van der Waals surface area contributed by atoms with Crippen molar-refractivity contribution >= 4 is 22.9 Å². The van der Waals surface area contributed by atoms with E-state index in [2.05, 4.69) is 44.4 Å². The molecule has 2 aromatic heterocycles. The van der Waals surface area contributed by atoms with Crippen LogP contribution in [0.1, 0.15) is 15.9 Å². The minimum Gasteiger partial charge on any atom is -0.369 e. The Labute approximate surface area is 187 Å². The summed E-state index contributed by atoms with van der Waals surface area (Å²) < 4.78 is 1.72. The summed E-state index contributed by atoms with van der Waals surface area (Å²) in [5.41, 5.74) is 5.92. The summed E-state index contributed by atoms with van der Waals surface area (Å²) in [4.78, 5) is 22.2. The van der Waals surface area contributed by atoms with Crippen LogP contribution in [0.15, 0.2) is 67.0 Å². The first-order valence-electron chi connectivity index (χ1n) is 10.8. The Hall–Kier alpha value is -3.71. The number of hydrogen-bond acceptors (Lipinski definition) is 5. The van der Waals surface area contributed by atoms with Gasteiger partial charge in [-0.2, -0.15) is 5.10 Å². The first kappa shape index (κ1) is 20.2. The molecule has 1 aliphatic heterocycles. The second-order valence-corrected chi connectivity index (χ2v) is 8.23. The van der Waals surface area contributed by atoms with Gasteiger partial charge in [0.05, 0.1) is 11.9 Å². The van der Waals surface area contributed by atoms with Gasteiger partial charge in [-0.15, -0.1) is 0 Å². The van der Waals surface area contributed by atoms with Crippen molar-refractivity contribution in [2.45, 2.75) is 6.92 Å². The highest BCUT2D eigenvalue weighted by molar-refractivity contribution is 6.08. The summed E-state index contributed by atoms with van der Waals surface area (Å²) >= 11 is 0. The lowest BCUT2D eigenvalue weighted by Gasteiger charge is -2.34. The predicted molar refractivity (Wildman–Crippen MR) is 127 cm³/mol. The van der Waals surface area contributed by atoms with Crippen molar-refractivity contribution in [2.75, 3.05) is 43.4 Å². The molecule has 7 nitrogen and oxygen atoms in total. The first-order valence-corrected chi connectivity index (χ1v) is 10.8. The lowest BCUT2D eigenvalue weighted by molar-refractivity contribution is 0.102. The van der Waals surface area contributed by atoms with E-state index in [-0.39, 0.29) is 5.91 Å². The number of amides is 1. The molecule has 4 aromatic rings. The number of benzene rings is 2. The second-order valence-electron chi connectivity index (χ2n) is 8.23. The Balaban J connectivity index is 1.38. The molecule has 162 valence electrons. The van der Waals surface area contributed by atoms with Gasteiger partial charge in [-0.1, -0.05) is 30.3 Å². The molecule has 0 atom stereocenters. The van der Waals surface area contributed by atoms with E-state index in [4.69, 9.17) is 0 Å². The summed E-state index contributed by atoms with van der Waals surface area (Å²) in [5.74, 6) is -0.215. The summed E-state index contributed by atoms with van der Waals surface area (Å²) in [6.45, 7) is 6.17. The van der Waals surface area contributed by atoms with E-state index in [0.29, 0.717) is 11.2 Å². The Kier molecular flexibility index (Phi) is 5.33. The molecule has 0 saturated carbocycles. The average molecular weight is 427 g/mol. The first-order chi connectivity index (χ1) is 15.6. The maximum absolute atomic E-state index is 13.1. The number of fused-ring (bicyclic) bond motifs is 1. The molecule has 1 saturated heterocycles. The third kappa shape index (κ3) is 3.83. The lowest BCUT2D eigenvalue weighted by Crippen LogP contribution is -2.44. The third-order valence-electron chi connectivity index (χ3n) is 6.04. The van der Waals surface area contributed by atoms with Crippen LogP contribution < -0.4 is 10.2 Å². The van der Waals surface area contributed by atoms with Gasteiger partial charge in [0.15, 0.2) is 5.65 Å². The Morgan fingerprint density at radius 1 is 1.00 bits per heavy atom. The van der Waals surface area contributed by atoms with Gasteiger partial charge in [-0.25, -0.2) is 9.50 Å². The van der Waals surface area contributed by atoms with Gasteiger partial charge in [0.1, 0.15) is 5.56 Å². The van der Waals surface area contributed by atoms with Crippen LogP contribution in [-0.4, -0.2) is 58.6 Å². The topological polar surface area (TPSA) is 65.8 Å². The molecule has 0 unspecified atom stereocenters. The zero-order valence-corrected chi connectivity index (χ0v) is 18.3. The summed E-state index contributed by atoms with van der Waals surface area (Å²) in [5, 5.41) is 7.49. The number of nitrogens with zero attached hydrogens (tertiary/aromatic N) is 5. The predicted octanol–water partition coefficient (Wildman–Crippen LogP) is 3.71. The van der Waals surface area contributed by atoms with Crippen LogP contribution in [0.3, 0.4) is 0 Å². The van der Waals surface area contributed by atoms with Crippen LogP contribution in [0.2, 0.25) is 0 Å². The van der Waals surface area contributed by atoms with Gasteiger partial charge in [-0.05, 0) is 43.8 Å². The number of rotatable bonds is 4. The molecular weight excluding hydrogens is 400 g/mol. The van der Waals surface area contributed by atoms with E-state index in [1.807, 2.05) is 49.4 Å². The molecule has 2 aromatic carbocycles. The number of likely N-dealkylation sites (N-methyl/N-ethyl adjacent to an activating group) is 1. The number of carbonyl (C=O) groups is 1. The standard InChI is InChI=1S/C25H26N6O/c1-18-16-20(30-14-12-29(2)13-15-30)8-9-22(18)28-25(32)21-17-27-31-23(10-11-26-24(21)31)19-6-4-3-5-7-19/h3-11,16-17H,12-15H2,1-2H3,(H,28,32). The minimum absolute atomic E-state index is 0.215. The summed E-state index contributed by atoms with van der Waals surface area (Å²) in [7, 11) is 2.15. The van der Waals surface area contributed by atoms with E-state index in [1.165, 1.54) is 5.69 Å². The number of aryl methyl sites for hydroxylation is 1. The van der Waals surface area contributed by atoms with Gasteiger partial charge < -0.3 is 15.1 Å². The van der Waals surface area contributed by atoms with E-state index >= 15 is 0 Å². The minimum atomic E-state index is -0.215. The van der Waals surface area contributed by atoms with Crippen LogP contribution in [-0.2, 0) is 0 Å². The zero-order chi connectivity index (χ0) is 22.1. The van der Waals surface area contributed by atoms with Crippen LogP contribution in [0.25, 0.3) is 16.9 Å². The number of aromatic nitrogens is 3. The second kappa shape index (κ2) is 8.43. The van der Waals surface area contributed by atoms with E-state index in [1.54, 1.807) is 16.9 Å². The number of piperazine rings is 1. The molecule has 32 heavy (non-hydrogen) atoms. The van der Waals surface area contributed by atoms with Gasteiger partial charge in [0, 0.05) is 49.3 Å². The van der Waals surface area contributed by atoms with Crippen LogP contribution >= 0.6 is 0 Å².